The number of allylic oxidation sites excluding steroid dienone is 1. The zero-order valence-corrected chi connectivity index (χ0v) is 13.2. The molecule has 0 saturated heterocycles. The van der Waals surface area contributed by atoms with E-state index in [0.29, 0.717) is 11.6 Å². The molecule has 0 aliphatic heterocycles. The first-order valence-electron chi connectivity index (χ1n) is 7.56. The molecule has 1 aliphatic carbocycles. The number of aromatic nitrogens is 3. The highest BCUT2D eigenvalue weighted by molar-refractivity contribution is 6.28. The van der Waals surface area contributed by atoms with Crippen molar-refractivity contribution in [3.63, 3.8) is 0 Å². The topological polar surface area (TPSA) is 38.7 Å². The summed E-state index contributed by atoms with van der Waals surface area (Å²) in [5, 5.41) is 0.210. The molecule has 4 rings (SSSR count). The van der Waals surface area contributed by atoms with E-state index in [1.807, 2.05) is 30.3 Å². The monoisotopic (exact) mass is 319 g/mol. The molecule has 0 radical (unpaired) electrons. The number of nitrogens with zero attached hydrogens (tertiary/aromatic N) is 3. The first-order valence-corrected chi connectivity index (χ1v) is 7.94. The fraction of sp³-hybridized carbons (Fsp3) is 0.105. The van der Waals surface area contributed by atoms with E-state index in [1.165, 1.54) is 11.1 Å². The number of benzene rings is 2. The maximum absolute atomic E-state index is 6.12. The van der Waals surface area contributed by atoms with Crippen LogP contribution in [0.2, 0.25) is 5.28 Å². The average Bonchev–Trinajstić information content (AvgIpc) is 2.61. The van der Waals surface area contributed by atoms with E-state index in [2.05, 4.69) is 45.3 Å². The second-order valence-electron chi connectivity index (χ2n) is 5.47. The van der Waals surface area contributed by atoms with Crippen LogP contribution in [0.15, 0.2) is 54.6 Å². The molecule has 3 aromatic rings. The van der Waals surface area contributed by atoms with Crippen LogP contribution in [-0.2, 0) is 6.42 Å². The summed E-state index contributed by atoms with van der Waals surface area (Å²) in [6, 6.07) is 16.1. The summed E-state index contributed by atoms with van der Waals surface area (Å²) in [7, 11) is 0. The van der Waals surface area contributed by atoms with E-state index < -0.39 is 0 Å². The Morgan fingerprint density at radius 3 is 2.43 bits per heavy atom. The van der Waals surface area contributed by atoms with Crippen LogP contribution < -0.4 is 0 Å². The second-order valence-corrected chi connectivity index (χ2v) is 5.81. The van der Waals surface area contributed by atoms with Crippen LogP contribution in [0, 0.1) is 0 Å². The van der Waals surface area contributed by atoms with Crippen molar-refractivity contribution in [2.75, 3.05) is 0 Å². The van der Waals surface area contributed by atoms with Gasteiger partial charge in [0, 0.05) is 11.1 Å². The van der Waals surface area contributed by atoms with Gasteiger partial charge in [-0.15, -0.1) is 0 Å². The Labute approximate surface area is 139 Å². The van der Waals surface area contributed by atoms with Gasteiger partial charge in [-0.2, -0.15) is 9.97 Å². The molecule has 3 nitrogen and oxygen atoms in total. The normalized spacial score (nSPS) is 12.9. The summed E-state index contributed by atoms with van der Waals surface area (Å²) >= 11 is 6.12. The minimum Gasteiger partial charge on any atom is -0.208 e. The van der Waals surface area contributed by atoms with Crippen molar-refractivity contribution in [3.8, 4) is 22.8 Å². The van der Waals surface area contributed by atoms with Gasteiger partial charge in [0.25, 0.3) is 0 Å². The molecule has 1 aliphatic rings. The molecule has 4 heteroatoms. The van der Waals surface area contributed by atoms with Gasteiger partial charge in [0.15, 0.2) is 11.6 Å². The highest BCUT2D eigenvalue weighted by Gasteiger charge is 2.11. The molecule has 0 fully saturated rings. The van der Waals surface area contributed by atoms with Crippen molar-refractivity contribution in [1.82, 2.24) is 15.0 Å². The summed E-state index contributed by atoms with van der Waals surface area (Å²) < 4.78 is 0. The number of rotatable bonds is 2. The Morgan fingerprint density at radius 1 is 0.826 bits per heavy atom. The van der Waals surface area contributed by atoms with Crippen molar-refractivity contribution in [3.05, 3.63) is 71.0 Å². The number of hydrogen-bond donors (Lipinski definition) is 0. The summed E-state index contributed by atoms with van der Waals surface area (Å²) in [6.07, 6.45) is 6.53. The van der Waals surface area contributed by atoms with Crippen molar-refractivity contribution in [2.24, 2.45) is 0 Å². The highest BCUT2D eigenvalue weighted by Crippen LogP contribution is 2.26. The third kappa shape index (κ3) is 2.88. The summed E-state index contributed by atoms with van der Waals surface area (Å²) in [5.41, 5.74) is 4.47. The largest absolute Gasteiger partial charge is 0.226 e. The van der Waals surface area contributed by atoms with Gasteiger partial charge < -0.3 is 0 Å². The lowest BCUT2D eigenvalue weighted by Gasteiger charge is -2.12. The van der Waals surface area contributed by atoms with Gasteiger partial charge in [-0.05, 0) is 41.6 Å². The van der Waals surface area contributed by atoms with E-state index in [4.69, 9.17) is 11.6 Å². The van der Waals surface area contributed by atoms with E-state index >= 15 is 0 Å². The predicted octanol–water partition coefficient (Wildman–Crippen LogP) is 4.82. The third-order valence-electron chi connectivity index (χ3n) is 3.92. The Kier molecular flexibility index (Phi) is 3.64. The quantitative estimate of drug-likeness (QED) is 0.680. The molecule has 0 atom stereocenters. The number of aryl methyl sites for hydroxylation is 1. The van der Waals surface area contributed by atoms with Crippen LogP contribution in [0.1, 0.15) is 17.5 Å². The Balaban J connectivity index is 1.81. The lowest BCUT2D eigenvalue weighted by molar-refractivity contribution is 0.984. The average molecular weight is 320 g/mol. The fourth-order valence-electron chi connectivity index (χ4n) is 2.76. The minimum absolute atomic E-state index is 0.210. The molecule has 0 unspecified atom stereocenters. The third-order valence-corrected chi connectivity index (χ3v) is 4.09. The first-order chi connectivity index (χ1) is 11.3. The Hall–Kier alpha value is -2.52. The van der Waals surface area contributed by atoms with Crippen molar-refractivity contribution < 1.29 is 0 Å². The van der Waals surface area contributed by atoms with E-state index in [1.54, 1.807) is 0 Å². The molecule has 0 N–H and O–H groups in total. The van der Waals surface area contributed by atoms with Crippen molar-refractivity contribution in [1.29, 1.82) is 0 Å². The Bertz CT molecular complexity index is 888. The van der Waals surface area contributed by atoms with E-state index in [0.717, 1.165) is 24.0 Å². The van der Waals surface area contributed by atoms with E-state index in [9.17, 15) is 0 Å². The molecule has 23 heavy (non-hydrogen) atoms. The van der Waals surface area contributed by atoms with Crippen LogP contribution in [0.4, 0.5) is 0 Å². The zero-order valence-electron chi connectivity index (χ0n) is 12.4. The molecule has 2 aromatic carbocycles. The van der Waals surface area contributed by atoms with Crippen LogP contribution in [-0.4, -0.2) is 15.0 Å². The number of fused-ring (bicyclic) bond motifs is 1. The standard InChI is InChI=1S/C19H14ClN3/c20-19-22-17(14-7-2-1-3-8-14)21-18(23-19)16-11-10-13-6-4-5-9-15(13)12-16/h1-3,5,7-12H,4,6H2. The maximum atomic E-state index is 6.12. The first kappa shape index (κ1) is 14.1. The number of halogens is 1. The van der Waals surface area contributed by atoms with Gasteiger partial charge >= 0.3 is 0 Å². The summed E-state index contributed by atoms with van der Waals surface area (Å²) in [6.45, 7) is 0. The lowest BCUT2D eigenvalue weighted by atomic mass is 9.95. The van der Waals surface area contributed by atoms with Gasteiger partial charge in [0.2, 0.25) is 5.28 Å². The maximum Gasteiger partial charge on any atom is 0.226 e. The molecule has 0 bridgehead atoms. The molecular formula is C19H14ClN3. The van der Waals surface area contributed by atoms with Gasteiger partial charge in [-0.3, -0.25) is 0 Å². The van der Waals surface area contributed by atoms with Crippen molar-refractivity contribution in [2.45, 2.75) is 12.8 Å². The van der Waals surface area contributed by atoms with Gasteiger partial charge in [0.05, 0.1) is 0 Å². The highest BCUT2D eigenvalue weighted by atomic mass is 35.5. The van der Waals surface area contributed by atoms with Crippen LogP contribution in [0.25, 0.3) is 28.9 Å². The summed E-state index contributed by atoms with van der Waals surface area (Å²) in [4.78, 5) is 13.1. The molecule has 0 saturated carbocycles. The minimum atomic E-state index is 0.210. The molecule has 1 aromatic heterocycles. The SMILES string of the molecule is Clc1nc(-c2ccccc2)nc(-c2ccc3c(c2)C=CCC3)n1. The van der Waals surface area contributed by atoms with E-state index in [-0.39, 0.29) is 5.28 Å². The molecular weight excluding hydrogens is 306 g/mol. The van der Waals surface area contributed by atoms with Crippen LogP contribution in [0.3, 0.4) is 0 Å². The predicted molar refractivity (Wildman–Crippen MR) is 93.1 cm³/mol. The van der Waals surface area contributed by atoms with Gasteiger partial charge in [0.1, 0.15) is 0 Å². The number of hydrogen-bond acceptors (Lipinski definition) is 3. The van der Waals surface area contributed by atoms with Crippen LogP contribution in [0.5, 0.6) is 0 Å². The summed E-state index contributed by atoms with van der Waals surface area (Å²) in [5.74, 6) is 1.19. The Morgan fingerprint density at radius 2 is 1.61 bits per heavy atom. The lowest BCUT2D eigenvalue weighted by Crippen LogP contribution is -1.99. The molecule has 0 spiro atoms. The molecule has 112 valence electrons. The molecule has 0 amide bonds. The fourth-order valence-corrected chi connectivity index (χ4v) is 2.92. The van der Waals surface area contributed by atoms with Crippen LogP contribution >= 0.6 is 11.6 Å². The van der Waals surface area contributed by atoms with Gasteiger partial charge in [-0.1, -0.05) is 54.6 Å². The van der Waals surface area contributed by atoms with Crippen molar-refractivity contribution >= 4 is 17.7 Å². The second kappa shape index (κ2) is 5.94. The smallest absolute Gasteiger partial charge is 0.208 e. The van der Waals surface area contributed by atoms with Gasteiger partial charge in [-0.25, -0.2) is 4.98 Å². The zero-order chi connectivity index (χ0) is 15.6. The molecule has 1 heterocycles.